The molecule has 0 aliphatic carbocycles. The molecule has 2 heterocycles. The SMILES string of the molecule is Cc1ccc(NC(=O)c2csc(NS(=O)(=O)c3cccs3)n2)cc1Cl. The fraction of sp³-hybridized carbons (Fsp3) is 0.0667. The van der Waals surface area contributed by atoms with Crippen LogP contribution >= 0.6 is 34.3 Å². The third-order valence-corrected chi connectivity index (χ3v) is 7.18. The van der Waals surface area contributed by atoms with Crippen LogP contribution in [0, 0.1) is 6.92 Å². The van der Waals surface area contributed by atoms with Crippen molar-refractivity contribution in [3.63, 3.8) is 0 Å². The second-order valence-electron chi connectivity index (χ2n) is 4.99. The highest BCUT2D eigenvalue weighted by molar-refractivity contribution is 7.94. The monoisotopic (exact) mass is 413 g/mol. The summed E-state index contributed by atoms with van der Waals surface area (Å²) in [7, 11) is -3.68. The molecule has 3 rings (SSSR count). The summed E-state index contributed by atoms with van der Waals surface area (Å²) in [6.45, 7) is 1.86. The van der Waals surface area contributed by atoms with Gasteiger partial charge in [-0.25, -0.2) is 13.4 Å². The van der Waals surface area contributed by atoms with Gasteiger partial charge in [0, 0.05) is 16.1 Å². The Bertz CT molecular complexity index is 1010. The first-order chi connectivity index (χ1) is 11.8. The lowest BCUT2D eigenvalue weighted by Gasteiger charge is -2.05. The number of sulfonamides is 1. The molecule has 0 aliphatic rings. The first-order valence-corrected chi connectivity index (χ1v) is 10.6. The zero-order valence-electron chi connectivity index (χ0n) is 12.8. The number of carbonyl (C=O) groups excluding carboxylic acids is 1. The van der Waals surface area contributed by atoms with Crippen LogP contribution in [0.3, 0.4) is 0 Å². The minimum absolute atomic E-state index is 0.116. The van der Waals surface area contributed by atoms with Crippen LogP contribution in [0.25, 0.3) is 0 Å². The molecule has 130 valence electrons. The molecule has 0 radical (unpaired) electrons. The molecule has 0 unspecified atom stereocenters. The number of anilines is 2. The summed E-state index contributed by atoms with van der Waals surface area (Å²) >= 11 is 8.16. The van der Waals surface area contributed by atoms with E-state index in [2.05, 4.69) is 15.0 Å². The van der Waals surface area contributed by atoms with Crippen molar-refractivity contribution in [1.29, 1.82) is 0 Å². The molecule has 6 nitrogen and oxygen atoms in total. The Hall–Kier alpha value is -1.94. The van der Waals surface area contributed by atoms with Gasteiger partial charge in [-0.05, 0) is 36.1 Å². The number of carbonyl (C=O) groups is 1. The maximum absolute atomic E-state index is 12.2. The van der Waals surface area contributed by atoms with Gasteiger partial charge in [-0.2, -0.15) is 0 Å². The number of rotatable bonds is 5. The predicted octanol–water partition coefficient (Wildman–Crippen LogP) is 4.22. The Kier molecular flexibility index (Phi) is 5.09. The molecule has 0 bridgehead atoms. The normalized spacial score (nSPS) is 11.3. The highest BCUT2D eigenvalue weighted by Gasteiger charge is 2.18. The standard InChI is InChI=1S/C15H12ClN3O3S3/c1-9-4-5-10(7-11(9)16)17-14(20)12-8-24-15(18-12)19-25(21,22)13-3-2-6-23-13/h2-8H,1H3,(H,17,20)(H,18,19). The Morgan fingerprint density at radius 3 is 2.72 bits per heavy atom. The highest BCUT2D eigenvalue weighted by atomic mass is 35.5. The lowest BCUT2D eigenvalue weighted by atomic mass is 10.2. The van der Waals surface area contributed by atoms with E-state index in [1.165, 1.54) is 11.4 Å². The van der Waals surface area contributed by atoms with Crippen LogP contribution in [0.4, 0.5) is 10.8 Å². The summed E-state index contributed by atoms with van der Waals surface area (Å²) in [5, 5.41) is 6.50. The van der Waals surface area contributed by atoms with Gasteiger partial charge in [0.15, 0.2) is 5.13 Å². The van der Waals surface area contributed by atoms with Crippen LogP contribution < -0.4 is 10.0 Å². The van der Waals surface area contributed by atoms with E-state index in [1.807, 2.05) is 6.92 Å². The maximum Gasteiger partial charge on any atom is 0.275 e. The van der Waals surface area contributed by atoms with Crippen molar-refractivity contribution < 1.29 is 13.2 Å². The molecule has 3 aromatic rings. The van der Waals surface area contributed by atoms with Crippen LogP contribution in [0.15, 0.2) is 45.3 Å². The topological polar surface area (TPSA) is 88.2 Å². The lowest BCUT2D eigenvalue weighted by molar-refractivity contribution is 0.102. The number of amides is 1. The van der Waals surface area contributed by atoms with Gasteiger partial charge in [0.2, 0.25) is 0 Å². The van der Waals surface area contributed by atoms with E-state index in [0.29, 0.717) is 10.7 Å². The van der Waals surface area contributed by atoms with Gasteiger partial charge in [0.1, 0.15) is 9.90 Å². The maximum atomic E-state index is 12.2. The second-order valence-corrected chi connectivity index (χ2v) is 9.12. The van der Waals surface area contributed by atoms with Gasteiger partial charge in [-0.15, -0.1) is 22.7 Å². The molecule has 1 aromatic carbocycles. The molecular formula is C15H12ClN3O3S3. The smallest absolute Gasteiger partial charge is 0.275 e. The fourth-order valence-electron chi connectivity index (χ4n) is 1.87. The molecule has 0 atom stereocenters. The van der Waals surface area contributed by atoms with Crippen molar-refractivity contribution in [2.75, 3.05) is 10.0 Å². The van der Waals surface area contributed by atoms with Gasteiger partial charge >= 0.3 is 0 Å². The molecule has 25 heavy (non-hydrogen) atoms. The van der Waals surface area contributed by atoms with Crippen molar-refractivity contribution in [3.05, 3.63) is 57.4 Å². The quantitative estimate of drug-likeness (QED) is 0.655. The van der Waals surface area contributed by atoms with Crippen molar-refractivity contribution in [2.45, 2.75) is 11.1 Å². The van der Waals surface area contributed by atoms with Crippen LogP contribution in [0.2, 0.25) is 5.02 Å². The van der Waals surface area contributed by atoms with E-state index in [0.717, 1.165) is 28.2 Å². The molecular weight excluding hydrogens is 402 g/mol. The minimum Gasteiger partial charge on any atom is -0.321 e. The first kappa shape index (κ1) is 17.9. The number of nitrogens with one attached hydrogen (secondary N) is 2. The van der Waals surface area contributed by atoms with E-state index < -0.39 is 15.9 Å². The Labute approximate surface area is 157 Å². The first-order valence-electron chi connectivity index (χ1n) is 6.94. The number of benzene rings is 1. The molecule has 1 amide bonds. The van der Waals surface area contributed by atoms with Gasteiger partial charge in [0.05, 0.1) is 0 Å². The number of aryl methyl sites for hydroxylation is 1. The number of hydrogen-bond acceptors (Lipinski definition) is 6. The summed E-state index contributed by atoms with van der Waals surface area (Å²) in [5.41, 5.74) is 1.55. The Morgan fingerprint density at radius 2 is 2.04 bits per heavy atom. The molecule has 0 saturated heterocycles. The summed E-state index contributed by atoms with van der Waals surface area (Å²) in [6.07, 6.45) is 0. The average molecular weight is 414 g/mol. The van der Waals surface area contributed by atoms with Crippen molar-refractivity contribution in [2.24, 2.45) is 0 Å². The largest absolute Gasteiger partial charge is 0.321 e. The summed E-state index contributed by atoms with van der Waals surface area (Å²) in [4.78, 5) is 16.3. The number of thiophene rings is 1. The molecule has 10 heteroatoms. The third kappa shape index (κ3) is 4.18. The number of aromatic nitrogens is 1. The van der Waals surface area contributed by atoms with Crippen molar-refractivity contribution in [1.82, 2.24) is 4.98 Å². The Morgan fingerprint density at radius 1 is 1.24 bits per heavy atom. The lowest BCUT2D eigenvalue weighted by Crippen LogP contribution is -2.14. The van der Waals surface area contributed by atoms with Crippen LogP contribution in [-0.4, -0.2) is 19.3 Å². The third-order valence-electron chi connectivity index (χ3n) is 3.15. The van der Waals surface area contributed by atoms with E-state index in [1.54, 1.807) is 29.6 Å². The van der Waals surface area contributed by atoms with Crippen LogP contribution in [-0.2, 0) is 10.0 Å². The van der Waals surface area contributed by atoms with Gasteiger partial charge in [-0.3, -0.25) is 9.52 Å². The number of halogens is 1. The molecule has 2 aromatic heterocycles. The van der Waals surface area contributed by atoms with E-state index in [-0.39, 0.29) is 15.0 Å². The number of thiazole rings is 1. The van der Waals surface area contributed by atoms with Crippen LogP contribution in [0.1, 0.15) is 16.1 Å². The van der Waals surface area contributed by atoms with E-state index in [4.69, 9.17) is 11.6 Å². The minimum atomic E-state index is -3.68. The number of nitrogens with zero attached hydrogens (tertiary/aromatic N) is 1. The van der Waals surface area contributed by atoms with E-state index >= 15 is 0 Å². The summed E-state index contributed by atoms with van der Waals surface area (Å²) in [6, 6.07) is 8.30. The molecule has 2 N–H and O–H groups in total. The zero-order chi connectivity index (χ0) is 18.0. The molecule has 0 saturated carbocycles. The Balaban J connectivity index is 1.72. The van der Waals surface area contributed by atoms with Crippen LogP contribution in [0.5, 0.6) is 0 Å². The number of hydrogen-bond donors (Lipinski definition) is 2. The van der Waals surface area contributed by atoms with E-state index in [9.17, 15) is 13.2 Å². The van der Waals surface area contributed by atoms with Gasteiger partial charge in [0.25, 0.3) is 15.9 Å². The summed E-state index contributed by atoms with van der Waals surface area (Å²) < 4.78 is 26.9. The molecule has 0 aliphatic heterocycles. The van der Waals surface area contributed by atoms with Crippen molar-refractivity contribution >= 4 is 61.0 Å². The molecule has 0 fully saturated rings. The average Bonchev–Trinajstić information content (AvgIpc) is 3.22. The molecule has 0 spiro atoms. The second kappa shape index (κ2) is 7.12. The predicted molar refractivity (Wildman–Crippen MR) is 101 cm³/mol. The van der Waals surface area contributed by atoms with Gasteiger partial charge in [-0.1, -0.05) is 23.7 Å². The fourth-order valence-corrected chi connectivity index (χ4v) is 4.99. The van der Waals surface area contributed by atoms with Gasteiger partial charge < -0.3 is 5.32 Å². The highest BCUT2D eigenvalue weighted by Crippen LogP contribution is 2.24. The summed E-state index contributed by atoms with van der Waals surface area (Å²) in [5.74, 6) is -0.447. The zero-order valence-corrected chi connectivity index (χ0v) is 16.0. The van der Waals surface area contributed by atoms with Crippen molar-refractivity contribution in [3.8, 4) is 0 Å².